The lowest BCUT2D eigenvalue weighted by atomic mass is 10.1. The number of nitrogens with two attached hydrogens (primary N) is 1. The molecular formula is C15H12N4. The molecule has 0 aliphatic rings. The fourth-order valence-corrected chi connectivity index (χ4v) is 2.63. The van der Waals surface area contributed by atoms with E-state index < -0.39 is 0 Å². The van der Waals surface area contributed by atoms with Gasteiger partial charge in [-0.1, -0.05) is 24.3 Å². The van der Waals surface area contributed by atoms with Gasteiger partial charge in [-0.05, 0) is 22.9 Å². The fourth-order valence-electron chi connectivity index (χ4n) is 2.63. The van der Waals surface area contributed by atoms with Crippen LogP contribution in [0.5, 0.6) is 0 Å². The number of pyridine rings is 1. The molecule has 2 aromatic heterocycles. The Labute approximate surface area is 109 Å². The molecule has 92 valence electrons. The van der Waals surface area contributed by atoms with Crippen LogP contribution in [0, 0.1) is 0 Å². The molecule has 0 aliphatic heterocycles. The average Bonchev–Trinajstić information content (AvgIpc) is 2.80. The summed E-state index contributed by atoms with van der Waals surface area (Å²) in [6.07, 6.45) is 1.78. The zero-order valence-electron chi connectivity index (χ0n) is 10.5. The van der Waals surface area contributed by atoms with Gasteiger partial charge in [-0.3, -0.25) is 0 Å². The van der Waals surface area contributed by atoms with Crippen molar-refractivity contribution in [2.45, 2.75) is 0 Å². The second-order valence-electron chi connectivity index (χ2n) is 4.77. The summed E-state index contributed by atoms with van der Waals surface area (Å²) in [4.78, 5) is 8.79. The summed E-state index contributed by atoms with van der Waals surface area (Å²) >= 11 is 0. The van der Waals surface area contributed by atoms with Gasteiger partial charge in [-0.2, -0.15) is 0 Å². The maximum Gasteiger partial charge on any atom is 0.152 e. The summed E-state index contributed by atoms with van der Waals surface area (Å²) in [7, 11) is 1.98. The van der Waals surface area contributed by atoms with E-state index in [0.717, 1.165) is 21.9 Å². The molecule has 0 amide bonds. The minimum atomic E-state index is 0.485. The Kier molecular flexibility index (Phi) is 1.87. The number of hydrogen-bond donors (Lipinski definition) is 1. The molecule has 0 saturated carbocycles. The molecule has 0 unspecified atom stereocenters. The molecule has 0 aliphatic carbocycles. The molecule has 4 nitrogen and oxygen atoms in total. The molecule has 0 saturated heterocycles. The molecule has 19 heavy (non-hydrogen) atoms. The van der Waals surface area contributed by atoms with Gasteiger partial charge in [0, 0.05) is 12.4 Å². The first-order valence-corrected chi connectivity index (χ1v) is 6.13. The van der Waals surface area contributed by atoms with Crippen molar-refractivity contribution in [2.75, 3.05) is 5.73 Å². The minimum Gasteiger partial charge on any atom is -0.382 e. The quantitative estimate of drug-likeness (QED) is 0.487. The molecule has 2 aromatic carbocycles. The van der Waals surface area contributed by atoms with E-state index in [4.69, 9.17) is 5.73 Å². The highest BCUT2D eigenvalue weighted by atomic mass is 15.0. The Morgan fingerprint density at radius 3 is 2.63 bits per heavy atom. The second-order valence-corrected chi connectivity index (χ2v) is 4.77. The lowest BCUT2D eigenvalue weighted by Crippen LogP contribution is -1.95. The first-order chi connectivity index (χ1) is 9.24. The van der Waals surface area contributed by atoms with Crippen LogP contribution in [0.1, 0.15) is 0 Å². The van der Waals surface area contributed by atoms with Gasteiger partial charge < -0.3 is 10.3 Å². The molecule has 2 heterocycles. The molecular weight excluding hydrogens is 236 g/mol. The van der Waals surface area contributed by atoms with Crippen LogP contribution in [0.2, 0.25) is 0 Å². The summed E-state index contributed by atoms with van der Waals surface area (Å²) < 4.78 is 1.99. The summed E-state index contributed by atoms with van der Waals surface area (Å²) in [5, 5.41) is 3.45. The Balaban J connectivity index is 2.31. The Morgan fingerprint density at radius 2 is 1.84 bits per heavy atom. The summed E-state index contributed by atoms with van der Waals surface area (Å²) in [5.41, 5.74) is 8.71. The lowest BCUT2D eigenvalue weighted by molar-refractivity contribution is 0.951. The highest BCUT2D eigenvalue weighted by Crippen LogP contribution is 2.29. The number of rotatable bonds is 0. The van der Waals surface area contributed by atoms with E-state index in [1.165, 1.54) is 10.8 Å². The standard InChI is InChI=1S/C15H12N4/c1-19-8-17-13-14(19)11-6-9-4-2-3-5-10(9)7-12(11)18-15(13)16/h2-8H,1H3,(H2,16,18). The van der Waals surface area contributed by atoms with Crippen molar-refractivity contribution >= 4 is 38.5 Å². The van der Waals surface area contributed by atoms with Crippen molar-refractivity contribution in [1.29, 1.82) is 0 Å². The summed E-state index contributed by atoms with van der Waals surface area (Å²) in [5.74, 6) is 0.485. The number of hydrogen-bond acceptors (Lipinski definition) is 3. The number of aromatic nitrogens is 3. The third kappa shape index (κ3) is 1.34. The van der Waals surface area contributed by atoms with Crippen molar-refractivity contribution in [1.82, 2.24) is 14.5 Å². The zero-order valence-corrected chi connectivity index (χ0v) is 10.5. The van der Waals surface area contributed by atoms with Gasteiger partial charge >= 0.3 is 0 Å². The molecule has 0 fully saturated rings. The van der Waals surface area contributed by atoms with Crippen molar-refractivity contribution < 1.29 is 0 Å². The van der Waals surface area contributed by atoms with Crippen LogP contribution in [-0.2, 0) is 7.05 Å². The van der Waals surface area contributed by atoms with Crippen LogP contribution in [0.4, 0.5) is 5.82 Å². The highest BCUT2D eigenvalue weighted by Gasteiger charge is 2.11. The van der Waals surface area contributed by atoms with Gasteiger partial charge in [0.1, 0.15) is 5.52 Å². The van der Waals surface area contributed by atoms with Gasteiger partial charge in [0.2, 0.25) is 0 Å². The Bertz CT molecular complexity index is 937. The summed E-state index contributed by atoms with van der Waals surface area (Å²) in [6, 6.07) is 12.5. The van der Waals surface area contributed by atoms with E-state index in [1.54, 1.807) is 6.33 Å². The van der Waals surface area contributed by atoms with Crippen LogP contribution >= 0.6 is 0 Å². The van der Waals surface area contributed by atoms with Gasteiger partial charge in [0.15, 0.2) is 5.82 Å². The zero-order chi connectivity index (χ0) is 13.0. The van der Waals surface area contributed by atoms with Gasteiger partial charge in [-0.25, -0.2) is 9.97 Å². The largest absolute Gasteiger partial charge is 0.382 e. The number of nitrogens with zero attached hydrogens (tertiary/aromatic N) is 3. The maximum atomic E-state index is 5.99. The predicted octanol–water partition coefficient (Wildman–Crippen LogP) is 2.86. The van der Waals surface area contributed by atoms with Gasteiger partial charge in [-0.15, -0.1) is 0 Å². The Morgan fingerprint density at radius 1 is 1.11 bits per heavy atom. The average molecular weight is 248 g/mol. The predicted molar refractivity (Wildman–Crippen MR) is 77.9 cm³/mol. The number of benzene rings is 2. The number of anilines is 1. The maximum absolute atomic E-state index is 5.99. The van der Waals surface area contributed by atoms with E-state index in [9.17, 15) is 0 Å². The fraction of sp³-hybridized carbons (Fsp3) is 0.0667. The van der Waals surface area contributed by atoms with Crippen molar-refractivity contribution in [3.05, 3.63) is 42.7 Å². The van der Waals surface area contributed by atoms with E-state index in [-0.39, 0.29) is 0 Å². The van der Waals surface area contributed by atoms with E-state index in [2.05, 4.69) is 34.2 Å². The van der Waals surface area contributed by atoms with E-state index >= 15 is 0 Å². The van der Waals surface area contributed by atoms with Crippen LogP contribution < -0.4 is 5.73 Å². The highest BCUT2D eigenvalue weighted by molar-refractivity contribution is 6.10. The van der Waals surface area contributed by atoms with Gasteiger partial charge in [0.25, 0.3) is 0 Å². The number of nitrogen functional groups attached to an aromatic ring is 1. The number of aryl methyl sites for hydroxylation is 1. The van der Waals surface area contributed by atoms with E-state index in [1.807, 2.05) is 23.7 Å². The SMILES string of the molecule is Cn1cnc2c(N)nc3cc4ccccc4cc3c21. The molecule has 0 radical (unpaired) electrons. The van der Waals surface area contributed by atoms with Crippen molar-refractivity contribution in [3.8, 4) is 0 Å². The molecule has 0 spiro atoms. The molecule has 4 aromatic rings. The van der Waals surface area contributed by atoms with Crippen LogP contribution in [0.25, 0.3) is 32.7 Å². The molecule has 4 rings (SSSR count). The first kappa shape index (κ1) is 10.3. The van der Waals surface area contributed by atoms with Crippen molar-refractivity contribution in [2.24, 2.45) is 7.05 Å². The van der Waals surface area contributed by atoms with E-state index in [0.29, 0.717) is 5.82 Å². The summed E-state index contributed by atoms with van der Waals surface area (Å²) in [6.45, 7) is 0. The minimum absolute atomic E-state index is 0.485. The molecule has 0 atom stereocenters. The van der Waals surface area contributed by atoms with Crippen LogP contribution in [-0.4, -0.2) is 14.5 Å². The number of fused-ring (bicyclic) bond motifs is 4. The third-order valence-electron chi connectivity index (χ3n) is 3.54. The van der Waals surface area contributed by atoms with Crippen LogP contribution in [0.15, 0.2) is 42.7 Å². The van der Waals surface area contributed by atoms with Crippen LogP contribution in [0.3, 0.4) is 0 Å². The first-order valence-electron chi connectivity index (χ1n) is 6.13. The third-order valence-corrected chi connectivity index (χ3v) is 3.54. The normalized spacial score (nSPS) is 11.6. The number of imidazole rings is 1. The lowest BCUT2D eigenvalue weighted by Gasteiger charge is -2.06. The molecule has 2 N–H and O–H groups in total. The molecule has 4 heteroatoms. The monoisotopic (exact) mass is 248 g/mol. The second kappa shape index (κ2) is 3.45. The van der Waals surface area contributed by atoms with Gasteiger partial charge in [0.05, 0.1) is 17.4 Å². The topological polar surface area (TPSA) is 56.7 Å². The smallest absolute Gasteiger partial charge is 0.152 e. The Hall–Kier alpha value is -2.62. The molecule has 0 bridgehead atoms. The van der Waals surface area contributed by atoms with Crippen molar-refractivity contribution in [3.63, 3.8) is 0 Å².